The lowest BCUT2D eigenvalue weighted by molar-refractivity contribution is -0.146. The highest BCUT2D eigenvalue weighted by Gasteiger charge is 2.26. The molecule has 0 atom stereocenters. The standard InChI is InChI=1S/C16H21NO3/c17-16(19)14-8-6-12(7-9-14)10-15(18)20-11-13-4-2-1-3-5-13/h1-5,12,14H,6-11H2,(H2,17,19). The lowest BCUT2D eigenvalue weighted by Crippen LogP contribution is -2.28. The Balaban J connectivity index is 1.69. The van der Waals surface area contributed by atoms with Gasteiger partial charge in [-0.25, -0.2) is 0 Å². The molecule has 2 N–H and O–H groups in total. The van der Waals surface area contributed by atoms with Gasteiger partial charge in [-0.15, -0.1) is 0 Å². The van der Waals surface area contributed by atoms with Crippen molar-refractivity contribution in [1.29, 1.82) is 0 Å². The van der Waals surface area contributed by atoms with E-state index in [1.54, 1.807) is 0 Å². The minimum absolute atomic E-state index is 0.00779. The van der Waals surface area contributed by atoms with E-state index >= 15 is 0 Å². The van der Waals surface area contributed by atoms with Gasteiger partial charge in [-0.05, 0) is 37.2 Å². The van der Waals surface area contributed by atoms with Gasteiger partial charge in [-0.1, -0.05) is 30.3 Å². The number of amides is 1. The second-order valence-electron chi connectivity index (χ2n) is 5.47. The Morgan fingerprint density at radius 1 is 1.10 bits per heavy atom. The lowest BCUT2D eigenvalue weighted by atomic mass is 9.80. The fraction of sp³-hybridized carbons (Fsp3) is 0.500. The Labute approximate surface area is 119 Å². The minimum atomic E-state index is -0.213. The van der Waals surface area contributed by atoms with Crippen molar-refractivity contribution in [1.82, 2.24) is 0 Å². The molecule has 0 unspecified atom stereocenters. The SMILES string of the molecule is NC(=O)C1CCC(CC(=O)OCc2ccccc2)CC1. The van der Waals surface area contributed by atoms with Crippen LogP contribution >= 0.6 is 0 Å². The Hall–Kier alpha value is -1.84. The number of nitrogens with two attached hydrogens (primary N) is 1. The fourth-order valence-corrected chi connectivity index (χ4v) is 2.68. The molecule has 0 saturated heterocycles. The van der Waals surface area contributed by atoms with Crippen molar-refractivity contribution in [3.63, 3.8) is 0 Å². The third kappa shape index (κ3) is 4.37. The summed E-state index contributed by atoms with van der Waals surface area (Å²) in [7, 11) is 0. The molecule has 108 valence electrons. The van der Waals surface area contributed by atoms with E-state index in [0.29, 0.717) is 18.9 Å². The molecule has 4 heteroatoms. The molecule has 1 aliphatic rings. The maximum absolute atomic E-state index is 11.8. The molecular formula is C16H21NO3. The fourth-order valence-electron chi connectivity index (χ4n) is 2.68. The van der Waals surface area contributed by atoms with E-state index in [-0.39, 0.29) is 17.8 Å². The highest BCUT2D eigenvalue weighted by Crippen LogP contribution is 2.30. The molecule has 0 radical (unpaired) electrons. The minimum Gasteiger partial charge on any atom is -0.461 e. The topological polar surface area (TPSA) is 69.4 Å². The highest BCUT2D eigenvalue weighted by atomic mass is 16.5. The molecule has 1 aromatic carbocycles. The van der Waals surface area contributed by atoms with E-state index in [1.807, 2.05) is 30.3 Å². The van der Waals surface area contributed by atoms with Gasteiger partial charge in [0.25, 0.3) is 0 Å². The van der Waals surface area contributed by atoms with Crippen LogP contribution < -0.4 is 5.73 Å². The number of primary amides is 1. The summed E-state index contributed by atoms with van der Waals surface area (Å²) in [5, 5.41) is 0. The van der Waals surface area contributed by atoms with Gasteiger partial charge in [-0.3, -0.25) is 9.59 Å². The summed E-state index contributed by atoms with van der Waals surface area (Å²) < 4.78 is 5.27. The molecule has 2 rings (SSSR count). The first-order chi connectivity index (χ1) is 9.65. The molecule has 1 aromatic rings. The highest BCUT2D eigenvalue weighted by molar-refractivity contribution is 5.76. The average molecular weight is 275 g/mol. The van der Waals surface area contributed by atoms with Crippen molar-refractivity contribution in [2.45, 2.75) is 38.7 Å². The molecular weight excluding hydrogens is 254 g/mol. The number of esters is 1. The number of benzene rings is 1. The van der Waals surface area contributed by atoms with E-state index in [1.165, 1.54) is 0 Å². The summed E-state index contributed by atoms with van der Waals surface area (Å²) in [5.74, 6) is -0.0491. The lowest BCUT2D eigenvalue weighted by Gasteiger charge is -2.25. The summed E-state index contributed by atoms with van der Waals surface area (Å²) in [6.45, 7) is 0.330. The number of carbonyl (C=O) groups excluding carboxylic acids is 2. The van der Waals surface area contributed by atoms with Crippen LogP contribution in [0, 0.1) is 11.8 Å². The molecule has 1 saturated carbocycles. The first-order valence-electron chi connectivity index (χ1n) is 7.14. The number of hydrogen-bond acceptors (Lipinski definition) is 3. The van der Waals surface area contributed by atoms with Crippen molar-refractivity contribution < 1.29 is 14.3 Å². The summed E-state index contributed by atoms with van der Waals surface area (Å²) in [5.41, 5.74) is 6.29. The van der Waals surface area contributed by atoms with Gasteiger partial charge < -0.3 is 10.5 Å². The molecule has 1 amide bonds. The Bertz CT molecular complexity index is 450. The van der Waals surface area contributed by atoms with Crippen LogP contribution in [0.15, 0.2) is 30.3 Å². The van der Waals surface area contributed by atoms with Gasteiger partial charge >= 0.3 is 5.97 Å². The van der Waals surface area contributed by atoms with Crippen molar-refractivity contribution in [2.24, 2.45) is 17.6 Å². The van der Waals surface area contributed by atoms with Gasteiger partial charge in [0.1, 0.15) is 6.61 Å². The molecule has 0 heterocycles. The molecule has 1 fully saturated rings. The van der Waals surface area contributed by atoms with Crippen molar-refractivity contribution >= 4 is 11.9 Å². The summed E-state index contributed by atoms with van der Waals surface area (Å²) in [4.78, 5) is 22.9. The zero-order chi connectivity index (χ0) is 14.4. The number of carbonyl (C=O) groups is 2. The molecule has 0 spiro atoms. The normalized spacial score (nSPS) is 22.2. The Morgan fingerprint density at radius 2 is 1.75 bits per heavy atom. The summed E-state index contributed by atoms with van der Waals surface area (Å²) in [6.07, 6.45) is 3.80. The second-order valence-corrected chi connectivity index (χ2v) is 5.47. The predicted octanol–water partition coefficient (Wildman–Crippen LogP) is 2.41. The zero-order valence-corrected chi connectivity index (χ0v) is 11.6. The van der Waals surface area contributed by atoms with Gasteiger partial charge in [-0.2, -0.15) is 0 Å². The largest absolute Gasteiger partial charge is 0.461 e. The first kappa shape index (κ1) is 14.6. The van der Waals surface area contributed by atoms with Gasteiger partial charge in [0.05, 0.1) is 0 Å². The Morgan fingerprint density at radius 3 is 2.35 bits per heavy atom. The maximum atomic E-state index is 11.8. The van der Waals surface area contributed by atoms with E-state index in [9.17, 15) is 9.59 Å². The van der Waals surface area contributed by atoms with Crippen LogP contribution in [0.2, 0.25) is 0 Å². The third-order valence-electron chi connectivity index (χ3n) is 3.95. The smallest absolute Gasteiger partial charge is 0.306 e. The number of rotatable bonds is 5. The number of hydrogen-bond donors (Lipinski definition) is 1. The van der Waals surface area contributed by atoms with Crippen LogP contribution in [0.1, 0.15) is 37.7 Å². The van der Waals surface area contributed by atoms with Crippen LogP contribution in [-0.4, -0.2) is 11.9 Å². The third-order valence-corrected chi connectivity index (χ3v) is 3.95. The van der Waals surface area contributed by atoms with Gasteiger partial charge in [0, 0.05) is 12.3 Å². The molecule has 0 aliphatic heterocycles. The molecule has 1 aliphatic carbocycles. The van der Waals surface area contributed by atoms with E-state index in [2.05, 4.69) is 0 Å². The van der Waals surface area contributed by atoms with Gasteiger partial charge in [0.15, 0.2) is 0 Å². The van der Waals surface area contributed by atoms with Crippen molar-refractivity contribution in [3.05, 3.63) is 35.9 Å². The first-order valence-corrected chi connectivity index (χ1v) is 7.14. The van der Waals surface area contributed by atoms with Crippen LogP contribution in [0.25, 0.3) is 0 Å². The van der Waals surface area contributed by atoms with Crippen LogP contribution in [0.3, 0.4) is 0 Å². The monoisotopic (exact) mass is 275 g/mol. The van der Waals surface area contributed by atoms with Crippen LogP contribution in [-0.2, 0) is 20.9 Å². The van der Waals surface area contributed by atoms with Crippen LogP contribution in [0.4, 0.5) is 0 Å². The quantitative estimate of drug-likeness (QED) is 0.839. The predicted molar refractivity (Wildman–Crippen MR) is 75.5 cm³/mol. The maximum Gasteiger partial charge on any atom is 0.306 e. The molecule has 0 aromatic heterocycles. The van der Waals surface area contributed by atoms with Crippen molar-refractivity contribution in [3.8, 4) is 0 Å². The summed E-state index contributed by atoms with van der Waals surface area (Å²) in [6, 6.07) is 9.65. The van der Waals surface area contributed by atoms with Crippen LogP contribution in [0.5, 0.6) is 0 Å². The Kier molecular flexibility index (Phi) is 5.16. The van der Waals surface area contributed by atoms with E-state index in [0.717, 1.165) is 31.2 Å². The van der Waals surface area contributed by atoms with E-state index < -0.39 is 0 Å². The van der Waals surface area contributed by atoms with Gasteiger partial charge in [0.2, 0.25) is 5.91 Å². The number of ether oxygens (including phenoxy) is 1. The molecule has 20 heavy (non-hydrogen) atoms. The second kappa shape index (κ2) is 7.08. The summed E-state index contributed by atoms with van der Waals surface area (Å²) >= 11 is 0. The van der Waals surface area contributed by atoms with Crippen molar-refractivity contribution in [2.75, 3.05) is 0 Å². The average Bonchev–Trinajstić information content (AvgIpc) is 2.47. The molecule has 4 nitrogen and oxygen atoms in total. The zero-order valence-electron chi connectivity index (χ0n) is 11.6. The van der Waals surface area contributed by atoms with E-state index in [4.69, 9.17) is 10.5 Å². The molecule has 0 bridgehead atoms.